The molecule has 0 saturated carbocycles. The Kier molecular flexibility index (Phi) is 3.42. The van der Waals surface area contributed by atoms with Gasteiger partial charge in [0.1, 0.15) is 5.69 Å². The van der Waals surface area contributed by atoms with Crippen LogP contribution in [-0.4, -0.2) is 15.1 Å². The number of hydrogen-bond acceptors (Lipinski definition) is 5. The quantitative estimate of drug-likeness (QED) is 0.711. The van der Waals surface area contributed by atoms with Gasteiger partial charge in [0.25, 0.3) is 5.89 Å². The van der Waals surface area contributed by atoms with E-state index >= 15 is 0 Å². The van der Waals surface area contributed by atoms with Crippen LogP contribution in [0.1, 0.15) is 0 Å². The Morgan fingerprint density at radius 2 is 2.05 bits per heavy atom. The lowest BCUT2D eigenvalue weighted by molar-refractivity contribution is 0.432. The Morgan fingerprint density at radius 1 is 1.20 bits per heavy atom. The van der Waals surface area contributed by atoms with E-state index in [1.165, 1.54) is 6.20 Å². The van der Waals surface area contributed by atoms with Crippen LogP contribution < -0.4 is 5.73 Å². The molecule has 0 bridgehead atoms. The van der Waals surface area contributed by atoms with E-state index in [4.69, 9.17) is 21.9 Å². The number of pyridine rings is 1. The fraction of sp³-hybridized carbons (Fsp3) is 0. The molecule has 100 valence electrons. The summed E-state index contributed by atoms with van der Waals surface area (Å²) in [6, 6.07) is 8.85. The standard InChI is InChI=1S/C13H8BrClN4O/c14-8-3-7(4-10(16)5-8)13-18-12(19-20-13)11-2-1-9(15)6-17-11/h1-6H,16H2. The summed E-state index contributed by atoms with van der Waals surface area (Å²) in [6.45, 7) is 0. The largest absolute Gasteiger partial charge is 0.399 e. The van der Waals surface area contributed by atoms with E-state index in [1.807, 2.05) is 6.07 Å². The fourth-order valence-corrected chi connectivity index (χ4v) is 2.31. The number of halogens is 2. The molecule has 0 unspecified atom stereocenters. The average Bonchev–Trinajstić information content (AvgIpc) is 2.88. The molecule has 0 aliphatic rings. The van der Waals surface area contributed by atoms with Gasteiger partial charge in [0.2, 0.25) is 5.82 Å². The first-order valence-corrected chi connectivity index (χ1v) is 6.81. The molecule has 0 saturated heterocycles. The zero-order valence-electron chi connectivity index (χ0n) is 10.0. The first kappa shape index (κ1) is 13.1. The van der Waals surface area contributed by atoms with Crippen molar-refractivity contribution >= 4 is 33.2 Å². The Morgan fingerprint density at radius 3 is 2.75 bits per heavy atom. The zero-order chi connectivity index (χ0) is 14.1. The van der Waals surface area contributed by atoms with Crippen LogP contribution in [-0.2, 0) is 0 Å². The van der Waals surface area contributed by atoms with Gasteiger partial charge in [-0.2, -0.15) is 4.98 Å². The molecule has 0 amide bonds. The van der Waals surface area contributed by atoms with Gasteiger partial charge in [-0.3, -0.25) is 4.98 Å². The number of hydrogen-bond donors (Lipinski definition) is 1. The molecule has 0 aliphatic heterocycles. The van der Waals surface area contributed by atoms with Crippen molar-refractivity contribution < 1.29 is 4.52 Å². The van der Waals surface area contributed by atoms with E-state index in [0.29, 0.717) is 28.1 Å². The highest BCUT2D eigenvalue weighted by Crippen LogP contribution is 2.26. The number of nitrogens with zero attached hydrogens (tertiary/aromatic N) is 3. The van der Waals surface area contributed by atoms with Gasteiger partial charge in [-0.05, 0) is 30.3 Å². The SMILES string of the molecule is Nc1cc(Br)cc(-c2nc(-c3ccc(Cl)cn3)no2)c1. The molecule has 2 heterocycles. The van der Waals surface area contributed by atoms with Crippen molar-refractivity contribution in [1.82, 2.24) is 15.1 Å². The van der Waals surface area contributed by atoms with Gasteiger partial charge in [-0.15, -0.1) is 0 Å². The highest BCUT2D eigenvalue weighted by Gasteiger charge is 2.12. The molecule has 2 N–H and O–H groups in total. The number of benzene rings is 1. The molecule has 0 spiro atoms. The van der Waals surface area contributed by atoms with Gasteiger partial charge in [-0.1, -0.05) is 32.7 Å². The van der Waals surface area contributed by atoms with Gasteiger partial charge >= 0.3 is 0 Å². The normalized spacial score (nSPS) is 10.7. The van der Waals surface area contributed by atoms with E-state index in [1.54, 1.807) is 24.3 Å². The molecule has 3 aromatic rings. The van der Waals surface area contributed by atoms with Gasteiger partial charge in [-0.25, -0.2) is 0 Å². The van der Waals surface area contributed by atoms with E-state index in [0.717, 1.165) is 10.0 Å². The van der Waals surface area contributed by atoms with Crippen LogP contribution in [0.3, 0.4) is 0 Å². The molecule has 0 fully saturated rings. The third-order valence-corrected chi connectivity index (χ3v) is 3.23. The number of nitrogens with two attached hydrogens (primary N) is 1. The number of aromatic nitrogens is 3. The van der Waals surface area contributed by atoms with Gasteiger partial charge in [0.05, 0.1) is 5.02 Å². The summed E-state index contributed by atoms with van der Waals surface area (Å²) in [4.78, 5) is 8.44. The first-order valence-electron chi connectivity index (χ1n) is 5.64. The average molecular weight is 352 g/mol. The first-order chi connectivity index (χ1) is 9.61. The predicted molar refractivity (Wildman–Crippen MR) is 80.1 cm³/mol. The summed E-state index contributed by atoms with van der Waals surface area (Å²) in [6.07, 6.45) is 1.53. The molecule has 5 nitrogen and oxygen atoms in total. The molecular formula is C13H8BrClN4O. The van der Waals surface area contributed by atoms with Gasteiger partial charge in [0.15, 0.2) is 0 Å². The van der Waals surface area contributed by atoms with Crippen molar-refractivity contribution in [3.8, 4) is 23.0 Å². The highest BCUT2D eigenvalue weighted by molar-refractivity contribution is 9.10. The lowest BCUT2D eigenvalue weighted by atomic mass is 10.2. The molecule has 0 atom stereocenters. The molecule has 0 radical (unpaired) electrons. The molecule has 0 aliphatic carbocycles. The summed E-state index contributed by atoms with van der Waals surface area (Å²) in [7, 11) is 0. The van der Waals surface area contributed by atoms with E-state index in [9.17, 15) is 0 Å². The minimum absolute atomic E-state index is 0.379. The van der Waals surface area contributed by atoms with Crippen LogP contribution in [0.25, 0.3) is 23.0 Å². The second kappa shape index (κ2) is 5.22. The van der Waals surface area contributed by atoms with Crippen LogP contribution in [0.5, 0.6) is 0 Å². The lowest BCUT2D eigenvalue weighted by Crippen LogP contribution is -1.87. The van der Waals surface area contributed by atoms with Crippen LogP contribution >= 0.6 is 27.5 Å². The van der Waals surface area contributed by atoms with Crippen molar-refractivity contribution in [2.75, 3.05) is 5.73 Å². The topological polar surface area (TPSA) is 77.8 Å². The molecule has 1 aromatic carbocycles. The maximum atomic E-state index is 5.79. The number of rotatable bonds is 2. The van der Waals surface area contributed by atoms with E-state index < -0.39 is 0 Å². The van der Waals surface area contributed by atoms with Gasteiger partial charge < -0.3 is 10.3 Å². The van der Waals surface area contributed by atoms with Crippen molar-refractivity contribution in [3.63, 3.8) is 0 Å². The van der Waals surface area contributed by atoms with E-state index in [-0.39, 0.29) is 0 Å². The number of nitrogen functional groups attached to an aromatic ring is 1. The second-order valence-electron chi connectivity index (χ2n) is 4.06. The Bertz CT molecular complexity index is 737. The van der Waals surface area contributed by atoms with Crippen LogP contribution in [0, 0.1) is 0 Å². The van der Waals surface area contributed by atoms with Crippen molar-refractivity contribution in [2.45, 2.75) is 0 Å². The van der Waals surface area contributed by atoms with Gasteiger partial charge in [0, 0.05) is 21.9 Å². The molecule has 20 heavy (non-hydrogen) atoms. The lowest BCUT2D eigenvalue weighted by Gasteiger charge is -1.98. The second-order valence-corrected chi connectivity index (χ2v) is 5.41. The third kappa shape index (κ3) is 2.66. The summed E-state index contributed by atoms with van der Waals surface area (Å²) in [5, 5.41) is 4.46. The van der Waals surface area contributed by atoms with Crippen LogP contribution in [0.4, 0.5) is 5.69 Å². The molecule has 3 rings (SSSR count). The third-order valence-electron chi connectivity index (χ3n) is 2.55. The predicted octanol–water partition coefficient (Wildman–Crippen LogP) is 3.80. The van der Waals surface area contributed by atoms with Crippen molar-refractivity contribution in [1.29, 1.82) is 0 Å². The minimum atomic E-state index is 0.379. The summed E-state index contributed by atoms with van der Waals surface area (Å²) >= 11 is 9.16. The van der Waals surface area contributed by atoms with Crippen LogP contribution in [0.15, 0.2) is 45.5 Å². The zero-order valence-corrected chi connectivity index (χ0v) is 12.4. The van der Waals surface area contributed by atoms with Crippen molar-refractivity contribution in [2.24, 2.45) is 0 Å². The Balaban J connectivity index is 1.99. The Hall–Kier alpha value is -1.92. The van der Waals surface area contributed by atoms with E-state index in [2.05, 4.69) is 31.1 Å². The number of anilines is 1. The van der Waals surface area contributed by atoms with Crippen LogP contribution in [0.2, 0.25) is 5.02 Å². The maximum Gasteiger partial charge on any atom is 0.258 e. The minimum Gasteiger partial charge on any atom is -0.399 e. The smallest absolute Gasteiger partial charge is 0.258 e. The van der Waals surface area contributed by atoms with Crippen molar-refractivity contribution in [3.05, 3.63) is 46.0 Å². The maximum absolute atomic E-state index is 5.79. The highest BCUT2D eigenvalue weighted by atomic mass is 79.9. The summed E-state index contributed by atoms with van der Waals surface area (Å²) < 4.78 is 6.08. The summed E-state index contributed by atoms with van der Waals surface area (Å²) in [5.41, 5.74) is 7.72. The fourth-order valence-electron chi connectivity index (χ4n) is 1.69. The summed E-state index contributed by atoms with van der Waals surface area (Å²) in [5.74, 6) is 0.778. The molecular weight excluding hydrogens is 344 g/mol. The molecule has 2 aromatic heterocycles. The monoisotopic (exact) mass is 350 g/mol. The molecule has 7 heteroatoms. The Labute approximate surface area is 127 Å².